The second kappa shape index (κ2) is 9.50. The second-order valence-corrected chi connectivity index (χ2v) is 8.97. The number of para-hydroxylation sites is 1. The number of ketones is 1. The Bertz CT molecular complexity index is 1550. The average Bonchev–Trinajstić information content (AvgIpc) is 3.40. The van der Waals surface area contributed by atoms with Crippen LogP contribution in [-0.4, -0.2) is 35.6 Å². The Hall–Kier alpha value is -4.52. The Morgan fingerprint density at radius 3 is 2.38 bits per heavy atom. The van der Waals surface area contributed by atoms with Gasteiger partial charge in [0.1, 0.15) is 17.3 Å². The van der Waals surface area contributed by atoms with Crippen molar-refractivity contribution in [1.29, 1.82) is 0 Å². The zero-order valence-electron chi connectivity index (χ0n) is 21.2. The Balaban J connectivity index is 1.79. The molecule has 3 aromatic carbocycles. The lowest BCUT2D eigenvalue weighted by Gasteiger charge is -2.25. The molecule has 0 bridgehead atoms. The third-order valence-corrected chi connectivity index (χ3v) is 6.95. The van der Waals surface area contributed by atoms with Gasteiger partial charge in [0.15, 0.2) is 0 Å². The van der Waals surface area contributed by atoms with E-state index in [2.05, 4.69) is 6.92 Å². The van der Waals surface area contributed by atoms with Crippen LogP contribution in [0.2, 0.25) is 0 Å². The fourth-order valence-corrected chi connectivity index (χ4v) is 5.02. The number of aromatic nitrogens is 1. The van der Waals surface area contributed by atoms with E-state index in [0.29, 0.717) is 22.7 Å². The molecule has 5 rings (SSSR count). The maximum atomic E-state index is 13.6. The molecule has 37 heavy (non-hydrogen) atoms. The third-order valence-electron chi connectivity index (χ3n) is 6.95. The lowest BCUT2D eigenvalue weighted by Crippen LogP contribution is -2.29. The highest BCUT2D eigenvalue weighted by Crippen LogP contribution is 2.45. The van der Waals surface area contributed by atoms with Gasteiger partial charge in [-0.1, -0.05) is 37.3 Å². The quantitative estimate of drug-likeness (QED) is 0.220. The first-order chi connectivity index (χ1) is 17.9. The number of methoxy groups -OCH3 is 2. The van der Waals surface area contributed by atoms with E-state index in [9.17, 15) is 14.7 Å². The fourth-order valence-electron chi connectivity index (χ4n) is 5.02. The molecule has 0 radical (unpaired) electrons. The van der Waals surface area contributed by atoms with Gasteiger partial charge in [0, 0.05) is 41.5 Å². The van der Waals surface area contributed by atoms with Crippen molar-refractivity contribution in [3.63, 3.8) is 0 Å². The van der Waals surface area contributed by atoms with Gasteiger partial charge < -0.3 is 19.1 Å². The Kier molecular flexibility index (Phi) is 6.21. The van der Waals surface area contributed by atoms with Crippen LogP contribution in [0.4, 0.5) is 5.69 Å². The number of aliphatic hydroxyl groups is 1. The van der Waals surface area contributed by atoms with Crippen molar-refractivity contribution in [2.24, 2.45) is 7.05 Å². The highest BCUT2D eigenvalue weighted by Gasteiger charge is 2.48. The first-order valence-corrected chi connectivity index (χ1v) is 12.1. The van der Waals surface area contributed by atoms with E-state index < -0.39 is 17.7 Å². The molecule has 1 aromatic heterocycles. The first kappa shape index (κ1) is 24.2. The molecule has 1 N–H and O–H groups in total. The number of anilines is 1. The molecule has 0 spiro atoms. The summed E-state index contributed by atoms with van der Waals surface area (Å²) in [7, 11) is 4.92. The number of nitrogens with zero attached hydrogens (tertiary/aromatic N) is 2. The van der Waals surface area contributed by atoms with E-state index in [4.69, 9.17) is 9.47 Å². The minimum absolute atomic E-state index is 0.00406. The first-order valence-electron chi connectivity index (χ1n) is 12.1. The van der Waals surface area contributed by atoms with Crippen LogP contribution in [0.3, 0.4) is 0 Å². The molecule has 188 valence electrons. The lowest BCUT2D eigenvalue weighted by atomic mass is 9.94. The molecule has 1 amide bonds. The highest BCUT2D eigenvalue weighted by atomic mass is 16.5. The zero-order valence-corrected chi connectivity index (χ0v) is 21.2. The number of aliphatic hydroxyl groups excluding tert-OH is 1. The van der Waals surface area contributed by atoms with Crippen LogP contribution >= 0.6 is 0 Å². The van der Waals surface area contributed by atoms with Gasteiger partial charge in [-0.25, -0.2) is 0 Å². The number of amides is 1. The van der Waals surface area contributed by atoms with Gasteiger partial charge in [-0.15, -0.1) is 0 Å². The molecule has 7 heteroatoms. The molecule has 1 aliphatic rings. The summed E-state index contributed by atoms with van der Waals surface area (Å²) in [6.45, 7) is 2.06. The number of carbonyl (C=O) groups is 2. The molecule has 0 saturated carbocycles. The Morgan fingerprint density at radius 1 is 0.973 bits per heavy atom. The maximum absolute atomic E-state index is 13.6. The van der Waals surface area contributed by atoms with Crippen LogP contribution < -0.4 is 14.4 Å². The van der Waals surface area contributed by atoms with Crippen molar-refractivity contribution in [3.05, 3.63) is 95.2 Å². The van der Waals surface area contributed by atoms with Gasteiger partial charge in [-0.3, -0.25) is 14.5 Å². The van der Waals surface area contributed by atoms with Gasteiger partial charge in [-0.2, -0.15) is 0 Å². The van der Waals surface area contributed by atoms with Crippen LogP contribution in [0.15, 0.2) is 78.5 Å². The van der Waals surface area contributed by atoms with Gasteiger partial charge in [0.25, 0.3) is 11.7 Å². The van der Waals surface area contributed by atoms with Crippen LogP contribution in [0.5, 0.6) is 11.5 Å². The number of carbonyl (C=O) groups excluding carboxylic acids is 2. The summed E-state index contributed by atoms with van der Waals surface area (Å²) >= 11 is 0. The van der Waals surface area contributed by atoms with Gasteiger partial charge in [0.2, 0.25) is 0 Å². The molecule has 0 aliphatic carbocycles. The summed E-state index contributed by atoms with van der Waals surface area (Å²) in [6, 6.07) is 19.4. The summed E-state index contributed by atoms with van der Waals surface area (Å²) in [6.07, 6.45) is 2.76. The molecule has 1 unspecified atom stereocenters. The summed E-state index contributed by atoms with van der Waals surface area (Å²) in [5.74, 6) is -0.893. The number of ether oxygens (including phenoxy) is 2. The number of hydrogen-bond acceptors (Lipinski definition) is 5. The highest BCUT2D eigenvalue weighted by molar-refractivity contribution is 6.52. The predicted octanol–water partition coefficient (Wildman–Crippen LogP) is 5.38. The molecule has 1 fully saturated rings. The molecular weight excluding hydrogens is 468 g/mol. The average molecular weight is 497 g/mol. The zero-order chi connectivity index (χ0) is 26.3. The van der Waals surface area contributed by atoms with Gasteiger partial charge in [-0.05, 0) is 42.3 Å². The standard InChI is InChI=1S/C30H28N2O5/c1-5-18-10-12-19(13-11-18)32-27(23-17-31(2)24-9-7-6-8-21(23)24)26(29(34)30(32)35)28(33)22-15-14-20(36-3)16-25(22)37-4/h6-17,27,33H,5H2,1-4H3/b28-26+. The van der Waals surface area contributed by atoms with Crippen LogP contribution in [0.1, 0.15) is 29.7 Å². The van der Waals surface area contributed by atoms with Crippen molar-refractivity contribution in [2.45, 2.75) is 19.4 Å². The van der Waals surface area contributed by atoms with Crippen LogP contribution in [0.25, 0.3) is 16.7 Å². The molecule has 7 nitrogen and oxygen atoms in total. The van der Waals surface area contributed by atoms with E-state index in [1.165, 1.54) is 19.1 Å². The lowest BCUT2D eigenvalue weighted by molar-refractivity contribution is -0.132. The number of hydrogen-bond donors (Lipinski definition) is 1. The summed E-state index contributed by atoms with van der Waals surface area (Å²) in [4.78, 5) is 28.6. The largest absolute Gasteiger partial charge is 0.507 e. The van der Waals surface area contributed by atoms with Gasteiger partial charge >= 0.3 is 0 Å². The summed E-state index contributed by atoms with van der Waals surface area (Å²) in [5, 5.41) is 12.5. The molecule has 1 atom stereocenters. The minimum Gasteiger partial charge on any atom is -0.507 e. The van der Waals surface area contributed by atoms with Crippen LogP contribution in [0, 0.1) is 0 Å². The van der Waals surface area contributed by atoms with Crippen molar-refractivity contribution >= 4 is 34.0 Å². The number of benzene rings is 3. The molecule has 2 heterocycles. The number of Topliss-reactive ketones (excluding diaryl/α,β-unsaturated/α-hetero) is 1. The number of rotatable bonds is 6. The monoisotopic (exact) mass is 496 g/mol. The topological polar surface area (TPSA) is 81.0 Å². The van der Waals surface area contributed by atoms with Gasteiger partial charge in [0.05, 0.1) is 31.4 Å². The van der Waals surface area contributed by atoms with Crippen molar-refractivity contribution in [1.82, 2.24) is 4.57 Å². The summed E-state index contributed by atoms with van der Waals surface area (Å²) in [5.41, 5.74) is 3.69. The fraction of sp³-hybridized carbons (Fsp3) is 0.200. The third kappa shape index (κ3) is 3.93. The smallest absolute Gasteiger partial charge is 0.300 e. The van der Waals surface area contributed by atoms with Crippen molar-refractivity contribution in [2.75, 3.05) is 19.1 Å². The SMILES string of the molecule is CCc1ccc(N2C(=O)C(=O)/C(=C(/O)c3ccc(OC)cc3OC)C2c2cn(C)c3ccccc23)cc1. The van der Waals surface area contributed by atoms with E-state index in [0.717, 1.165) is 28.5 Å². The second-order valence-electron chi connectivity index (χ2n) is 8.97. The molecule has 4 aromatic rings. The van der Waals surface area contributed by atoms with E-state index in [1.807, 2.05) is 66.3 Å². The van der Waals surface area contributed by atoms with E-state index in [1.54, 1.807) is 18.2 Å². The Morgan fingerprint density at radius 2 is 1.70 bits per heavy atom. The molecule has 1 aliphatic heterocycles. The molecular formula is C30H28N2O5. The summed E-state index contributed by atoms with van der Waals surface area (Å²) < 4.78 is 12.7. The maximum Gasteiger partial charge on any atom is 0.300 e. The predicted molar refractivity (Wildman–Crippen MR) is 143 cm³/mol. The number of aryl methyl sites for hydroxylation is 2. The normalized spacial score (nSPS) is 17.0. The minimum atomic E-state index is -0.842. The number of fused-ring (bicyclic) bond motifs is 1. The van der Waals surface area contributed by atoms with E-state index in [-0.39, 0.29) is 11.3 Å². The molecule has 1 saturated heterocycles. The van der Waals surface area contributed by atoms with Crippen molar-refractivity contribution < 1.29 is 24.2 Å². The van der Waals surface area contributed by atoms with Crippen molar-refractivity contribution in [3.8, 4) is 11.5 Å². The van der Waals surface area contributed by atoms with Crippen LogP contribution in [-0.2, 0) is 23.1 Å². The van der Waals surface area contributed by atoms with E-state index >= 15 is 0 Å². The Labute approximate surface area is 215 Å².